The molecule has 1 rings (SSSR count). The van der Waals surface area contributed by atoms with Gasteiger partial charge in [0.25, 0.3) is 11.6 Å². The number of hydrogen-bond acceptors (Lipinski definition) is 5. The molecule has 0 heterocycles. The van der Waals surface area contributed by atoms with Crippen molar-refractivity contribution in [1.29, 1.82) is 0 Å². The number of carbonyl (C=O) groups excluding carboxylic acids is 1. The first-order chi connectivity index (χ1) is 9.85. The van der Waals surface area contributed by atoms with Gasteiger partial charge in [-0.3, -0.25) is 19.7 Å². The number of carbonyl (C=O) groups is 2. The van der Waals surface area contributed by atoms with E-state index >= 15 is 0 Å². The number of benzene rings is 1. The quantitative estimate of drug-likeness (QED) is 0.571. The molecule has 9 heteroatoms. The topological polar surface area (TPSA) is 119 Å². The molecule has 0 aliphatic rings. The fourth-order valence-electron chi connectivity index (χ4n) is 1.58. The van der Waals surface area contributed by atoms with Crippen LogP contribution >= 0.6 is 0 Å². The fraction of sp³-hybridized carbons (Fsp3) is 0.333. The predicted molar refractivity (Wildman–Crippen MR) is 68.4 cm³/mol. The molecule has 21 heavy (non-hydrogen) atoms. The third-order valence-electron chi connectivity index (χ3n) is 2.63. The molecule has 1 atom stereocenters. The van der Waals surface area contributed by atoms with Crippen LogP contribution in [0.3, 0.4) is 0 Å². The lowest BCUT2D eigenvalue weighted by molar-refractivity contribution is -0.385. The molecule has 0 aliphatic heterocycles. The Bertz CT molecular complexity index is 563. The van der Waals surface area contributed by atoms with E-state index in [1.807, 2.05) is 0 Å². The van der Waals surface area contributed by atoms with Gasteiger partial charge in [0.2, 0.25) is 0 Å². The Kier molecular flexibility index (Phi) is 5.73. The standard InChI is InChI=1S/C12H13FN2O6/c1-21-8(5-11(16)17)6-14-12(18)9-3-2-7(13)4-10(9)15(19)20/h2-4,8H,5-6H2,1H3,(H,14,18)(H,16,17). The van der Waals surface area contributed by atoms with Crippen molar-refractivity contribution >= 4 is 17.6 Å². The monoisotopic (exact) mass is 300 g/mol. The highest BCUT2D eigenvalue weighted by atomic mass is 19.1. The van der Waals surface area contributed by atoms with Gasteiger partial charge >= 0.3 is 5.97 Å². The zero-order valence-electron chi connectivity index (χ0n) is 11.0. The maximum absolute atomic E-state index is 13.0. The van der Waals surface area contributed by atoms with E-state index in [1.165, 1.54) is 7.11 Å². The minimum atomic E-state index is -1.11. The van der Waals surface area contributed by atoms with Gasteiger partial charge in [-0.15, -0.1) is 0 Å². The number of nitrogens with zero attached hydrogens (tertiary/aromatic N) is 1. The van der Waals surface area contributed by atoms with E-state index in [2.05, 4.69) is 5.32 Å². The summed E-state index contributed by atoms with van der Waals surface area (Å²) in [5.74, 6) is -2.75. The molecule has 0 bridgehead atoms. The van der Waals surface area contributed by atoms with Gasteiger partial charge in [-0.25, -0.2) is 4.39 Å². The summed E-state index contributed by atoms with van der Waals surface area (Å²) in [6.45, 7) is -0.143. The zero-order valence-corrected chi connectivity index (χ0v) is 11.0. The number of methoxy groups -OCH3 is 1. The molecule has 0 saturated heterocycles. The second-order valence-corrected chi connectivity index (χ2v) is 4.08. The van der Waals surface area contributed by atoms with Crippen LogP contribution in [-0.2, 0) is 9.53 Å². The summed E-state index contributed by atoms with van der Waals surface area (Å²) in [5, 5.41) is 21.7. The summed E-state index contributed by atoms with van der Waals surface area (Å²) in [6, 6.07) is 2.55. The number of carboxylic acid groups (broad SMARTS) is 1. The van der Waals surface area contributed by atoms with Gasteiger partial charge in [0, 0.05) is 13.7 Å². The first kappa shape index (κ1) is 16.5. The average Bonchev–Trinajstić information content (AvgIpc) is 2.42. The summed E-state index contributed by atoms with van der Waals surface area (Å²) in [4.78, 5) is 32.3. The van der Waals surface area contributed by atoms with E-state index in [1.54, 1.807) is 0 Å². The Morgan fingerprint density at radius 2 is 2.19 bits per heavy atom. The summed E-state index contributed by atoms with van der Waals surface area (Å²) in [5.41, 5.74) is -0.980. The van der Waals surface area contributed by atoms with Crippen LogP contribution in [0.4, 0.5) is 10.1 Å². The van der Waals surface area contributed by atoms with Gasteiger partial charge in [0.1, 0.15) is 11.4 Å². The van der Waals surface area contributed by atoms with Crippen LogP contribution in [0, 0.1) is 15.9 Å². The van der Waals surface area contributed by atoms with E-state index in [9.17, 15) is 24.1 Å². The molecule has 114 valence electrons. The molecule has 1 aromatic carbocycles. The van der Waals surface area contributed by atoms with E-state index in [-0.39, 0.29) is 18.5 Å². The summed E-state index contributed by atoms with van der Waals surface area (Å²) >= 11 is 0. The van der Waals surface area contributed by atoms with Crippen molar-refractivity contribution < 1.29 is 28.7 Å². The van der Waals surface area contributed by atoms with Gasteiger partial charge < -0.3 is 15.2 Å². The second kappa shape index (κ2) is 7.29. The van der Waals surface area contributed by atoms with E-state index in [4.69, 9.17) is 9.84 Å². The largest absolute Gasteiger partial charge is 0.481 e. The summed E-state index contributed by atoms with van der Waals surface area (Å²) < 4.78 is 17.8. The third-order valence-corrected chi connectivity index (χ3v) is 2.63. The number of halogens is 1. The molecule has 0 aromatic heterocycles. The Labute approximate surface area is 118 Å². The Morgan fingerprint density at radius 1 is 1.52 bits per heavy atom. The molecule has 1 amide bonds. The van der Waals surface area contributed by atoms with Crippen LogP contribution in [0.15, 0.2) is 18.2 Å². The van der Waals surface area contributed by atoms with Crippen molar-refractivity contribution in [3.05, 3.63) is 39.7 Å². The van der Waals surface area contributed by atoms with Crippen LogP contribution in [0.5, 0.6) is 0 Å². The molecule has 0 spiro atoms. The highest BCUT2D eigenvalue weighted by molar-refractivity contribution is 5.98. The highest BCUT2D eigenvalue weighted by Gasteiger charge is 2.22. The highest BCUT2D eigenvalue weighted by Crippen LogP contribution is 2.19. The molecule has 1 aromatic rings. The van der Waals surface area contributed by atoms with Gasteiger partial charge in [0.05, 0.1) is 23.5 Å². The molecule has 0 aliphatic carbocycles. The Morgan fingerprint density at radius 3 is 2.71 bits per heavy atom. The van der Waals surface area contributed by atoms with Crippen LogP contribution in [0.2, 0.25) is 0 Å². The molecular weight excluding hydrogens is 287 g/mol. The van der Waals surface area contributed by atoms with Crippen molar-refractivity contribution in [2.24, 2.45) is 0 Å². The molecule has 1 unspecified atom stereocenters. The van der Waals surface area contributed by atoms with Gasteiger partial charge in [-0.05, 0) is 12.1 Å². The number of nitro benzene ring substituents is 1. The van der Waals surface area contributed by atoms with Crippen molar-refractivity contribution in [3.8, 4) is 0 Å². The summed E-state index contributed by atoms with van der Waals surface area (Å²) in [6.07, 6.45) is -1.10. The number of carboxylic acids is 1. The van der Waals surface area contributed by atoms with Crippen LogP contribution in [0.25, 0.3) is 0 Å². The lowest BCUT2D eigenvalue weighted by Gasteiger charge is -2.13. The van der Waals surface area contributed by atoms with Gasteiger partial charge in [-0.2, -0.15) is 0 Å². The van der Waals surface area contributed by atoms with E-state index < -0.39 is 34.4 Å². The SMILES string of the molecule is COC(CNC(=O)c1ccc(F)cc1[N+](=O)[O-])CC(=O)O. The predicted octanol–water partition coefficient (Wildman–Crippen LogP) is 0.953. The lowest BCUT2D eigenvalue weighted by Crippen LogP contribution is -2.34. The smallest absolute Gasteiger partial charge is 0.306 e. The van der Waals surface area contributed by atoms with Gasteiger partial charge in [0.15, 0.2) is 0 Å². The van der Waals surface area contributed by atoms with Crippen LogP contribution in [0.1, 0.15) is 16.8 Å². The number of nitrogens with one attached hydrogen (secondary N) is 1. The maximum Gasteiger partial charge on any atom is 0.306 e. The summed E-state index contributed by atoms with van der Waals surface area (Å²) in [7, 11) is 1.28. The maximum atomic E-state index is 13.0. The number of aliphatic carboxylic acids is 1. The first-order valence-corrected chi connectivity index (χ1v) is 5.82. The second-order valence-electron chi connectivity index (χ2n) is 4.08. The third kappa shape index (κ3) is 4.80. The van der Waals surface area contributed by atoms with Crippen LogP contribution < -0.4 is 5.32 Å². The Balaban J connectivity index is 2.80. The first-order valence-electron chi connectivity index (χ1n) is 5.82. The minimum Gasteiger partial charge on any atom is -0.481 e. The number of rotatable bonds is 7. The minimum absolute atomic E-state index is 0.143. The molecule has 0 fully saturated rings. The average molecular weight is 300 g/mol. The molecule has 0 saturated carbocycles. The van der Waals surface area contributed by atoms with E-state index in [0.717, 1.165) is 12.1 Å². The molecule has 8 nitrogen and oxygen atoms in total. The number of amides is 1. The molecule has 2 N–H and O–H groups in total. The Hall–Kier alpha value is -2.55. The normalized spacial score (nSPS) is 11.7. The van der Waals surface area contributed by atoms with Crippen molar-refractivity contribution in [2.45, 2.75) is 12.5 Å². The number of nitro groups is 1. The van der Waals surface area contributed by atoms with Crippen LogP contribution in [-0.4, -0.2) is 41.7 Å². The fourth-order valence-corrected chi connectivity index (χ4v) is 1.58. The van der Waals surface area contributed by atoms with Crippen molar-refractivity contribution in [1.82, 2.24) is 5.32 Å². The number of ether oxygens (including phenoxy) is 1. The van der Waals surface area contributed by atoms with Gasteiger partial charge in [-0.1, -0.05) is 0 Å². The van der Waals surface area contributed by atoms with E-state index in [0.29, 0.717) is 6.07 Å². The molecular formula is C12H13FN2O6. The van der Waals surface area contributed by atoms with Crippen molar-refractivity contribution in [2.75, 3.05) is 13.7 Å². The lowest BCUT2D eigenvalue weighted by atomic mass is 10.1. The van der Waals surface area contributed by atoms with Crippen molar-refractivity contribution in [3.63, 3.8) is 0 Å². The molecule has 0 radical (unpaired) electrons. The number of hydrogen-bond donors (Lipinski definition) is 2. The zero-order chi connectivity index (χ0) is 16.0.